The van der Waals surface area contributed by atoms with Gasteiger partial charge in [0.2, 0.25) is 0 Å². The lowest BCUT2D eigenvalue weighted by molar-refractivity contribution is 0.0703. The minimum absolute atomic E-state index is 0.143. The van der Waals surface area contributed by atoms with Crippen LogP contribution in [0.4, 0.5) is 4.39 Å². The molecule has 4 rings (SSSR count). The maximum atomic E-state index is 13.1. The molecule has 0 fully saturated rings. The zero-order valence-corrected chi connectivity index (χ0v) is 15.1. The molecule has 0 spiro atoms. The number of amides is 1. The lowest BCUT2D eigenvalue weighted by atomic mass is 9.99. The second-order valence-corrected chi connectivity index (χ2v) is 6.51. The van der Waals surface area contributed by atoms with Gasteiger partial charge in [-0.15, -0.1) is 0 Å². The van der Waals surface area contributed by atoms with Crippen molar-refractivity contribution >= 4 is 5.91 Å². The molecule has 0 unspecified atom stereocenters. The number of ether oxygens (including phenoxy) is 1. The molecule has 1 aliphatic rings. The van der Waals surface area contributed by atoms with Crippen molar-refractivity contribution in [1.29, 1.82) is 0 Å². The summed E-state index contributed by atoms with van der Waals surface area (Å²) in [6, 6.07) is 15.5. The molecule has 5 heteroatoms. The van der Waals surface area contributed by atoms with Gasteiger partial charge in [0.1, 0.15) is 17.3 Å². The van der Waals surface area contributed by atoms with Crippen molar-refractivity contribution in [3.63, 3.8) is 0 Å². The minimum Gasteiger partial charge on any atom is -0.494 e. The predicted octanol–water partition coefficient (Wildman–Crippen LogP) is 4.68. The Kier molecular flexibility index (Phi) is 4.67. The average Bonchev–Trinajstić information content (AvgIpc) is 3.18. The number of carbonyl (C=O) groups excluding carboxylic acids is 1. The number of fused-ring (bicyclic) bond motifs is 1. The molecule has 1 amide bonds. The Morgan fingerprint density at radius 3 is 2.70 bits per heavy atom. The van der Waals surface area contributed by atoms with Gasteiger partial charge in [0.05, 0.1) is 6.61 Å². The second-order valence-electron chi connectivity index (χ2n) is 6.51. The van der Waals surface area contributed by atoms with E-state index in [0.29, 0.717) is 31.2 Å². The molecule has 2 aromatic carbocycles. The van der Waals surface area contributed by atoms with Gasteiger partial charge in [-0.05, 0) is 73.0 Å². The molecule has 0 N–H and O–H groups in total. The summed E-state index contributed by atoms with van der Waals surface area (Å²) in [7, 11) is 0. The molecule has 1 aromatic heterocycles. The van der Waals surface area contributed by atoms with Crippen molar-refractivity contribution in [3.8, 4) is 17.1 Å². The van der Waals surface area contributed by atoms with E-state index in [-0.39, 0.29) is 11.7 Å². The van der Waals surface area contributed by atoms with Gasteiger partial charge in [0.15, 0.2) is 5.76 Å². The summed E-state index contributed by atoms with van der Waals surface area (Å²) in [5.41, 5.74) is 3.08. The predicted molar refractivity (Wildman–Crippen MR) is 100 cm³/mol. The summed E-state index contributed by atoms with van der Waals surface area (Å²) in [6.45, 7) is 3.74. The summed E-state index contributed by atoms with van der Waals surface area (Å²) < 4.78 is 24.4. The van der Waals surface area contributed by atoms with E-state index in [2.05, 4.69) is 6.07 Å². The molecule has 0 bridgehead atoms. The Hall–Kier alpha value is -3.08. The SMILES string of the molecule is CCOc1ccc2c(c1)CN(C(=O)c1ccc(-c3ccc(F)cc3)o1)CC2. The monoisotopic (exact) mass is 365 g/mol. The van der Waals surface area contributed by atoms with Crippen molar-refractivity contribution in [2.45, 2.75) is 19.9 Å². The smallest absolute Gasteiger partial charge is 0.289 e. The molecule has 138 valence electrons. The summed E-state index contributed by atoms with van der Waals surface area (Å²) in [6.07, 6.45) is 0.805. The number of hydrogen-bond acceptors (Lipinski definition) is 3. The molecule has 27 heavy (non-hydrogen) atoms. The molecule has 3 aromatic rings. The van der Waals surface area contributed by atoms with Gasteiger partial charge in [-0.25, -0.2) is 4.39 Å². The molecule has 2 heterocycles. The van der Waals surface area contributed by atoms with Gasteiger partial charge in [-0.1, -0.05) is 6.07 Å². The van der Waals surface area contributed by atoms with Crippen molar-refractivity contribution in [3.05, 3.63) is 77.3 Å². The Balaban J connectivity index is 1.52. The number of rotatable bonds is 4. The van der Waals surface area contributed by atoms with Crippen LogP contribution >= 0.6 is 0 Å². The van der Waals surface area contributed by atoms with E-state index in [1.54, 1.807) is 29.2 Å². The van der Waals surface area contributed by atoms with Gasteiger partial charge in [-0.3, -0.25) is 4.79 Å². The van der Waals surface area contributed by atoms with Crippen LogP contribution in [0.25, 0.3) is 11.3 Å². The standard InChI is InChI=1S/C22H20FNO3/c1-2-26-19-8-5-15-11-12-24(14-17(15)13-19)22(25)21-10-9-20(27-21)16-3-6-18(23)7-4-16/h3-10,13H,2,11-12,14H2,1H3. The lowest BCUT2D eigenvalue weighted by Gasteiger charge is -2.28. The van der Waals surface area contributed by atoms with Crippen LogP contribution in [0.2, 0.25) is 0 Å². The molecule has 0 aliphatic carbocycles. The van der Waals surface area contributed by atoms with Crippen LogP contribution < -0.4 is 4.74 Å². The fraction of sp³-hybridized carbons (Fsp3) is 0.227. The molecular weight excluding hydrogens is 345 g/mol. The fourth-order valence-corrected chi connectivity index (χ4v) is 3.34. The lowest BCUT2D eigenvalue weighted by Crippen LogP contribution is -2.35. The number of carbonyl (C=O) groups is 1. The fourth-order valence-electron chi connectivity index (χ4n) is 3.34. The van der Waals surface area contributed by atoms with E-state index >= 15 is 0 Å². The summed E-state index contributed by atoms with van der Waals surface area (Å²) >= 11 is 0. The number of halogens is 1. The Bertz CT molecular complexity index is 962. The van der Waals surface area contributed by atoms with Crippen LogP contribution in [0, 0.1) is 5.82 Å². The van der Waals surface area contributed by atoms with Crippen LogP contribution in [-0.2, 0) is 13.0 Å². The van der Waals surface area contributed by atoms with Gasteiger partial charge < -0.3 is 14.1 Å². The minimum atomic E-state index is -0.306. The first-order valence-corrected chi connectivity index (χ1v) is 9.03. The Labute approximate surface area is 157 Å². The van der Waals surface area contributed by atoms with E-state index in [1.165, 1.54) is 17.7 Å². The normalized spacial score (nSPS) is 13.3. The van der Waals surface area contributed by atoms with Crippen molar-refractivity contribution in [2.75, 3.05) is 13.2 Å². The van der Waals surface area contributed by atoms with Crippen LogP contribution in [-0.4, -0.2) is 24.0 Å². The van der Waals surface area contributed by atoms with Crippen LogP contribution in [0.5, 0.6) is 5.75 Å². The molecule has 1 aliphatic heterocycles. The highest BCUT2D eigenvalue weighted by Crippen LogP contribution is 2.27. The van der Waals surface area contributed by atoms with Crippen LogP contribution in [0.15, 0.2) is 59.0 Å². The topological polar surface area (TPSA) is 42.7 Å². The number of nitrogens with zero attached hydrogens (tertiary/aromatic N) is 1. The van der Waals surface area contributed by atoms with Crippen molar-refractivity contribution < 1.29 is 18.3 Å². The first-order chi connectivity index (χ1) is 13.1. The van der Waals surface area contributed by atoms with E-state index in [1.807, 2.05) is 19.1 Å². The van der Waals surface area contributed by atoms with Gasteiger partial charge >= 0.3 is 0 Å². The van der Waals surface area contributed by atoms with Gasteiger partial charge in [-0.2, -0.15) is 0 Å². The zero-order valence-electron chi connectivity index (χ0n) is 15.1. The van der Waals surface area contributed by atoms with E-state index in [4.69, 9.17) is 9.15 Å². The summed E-state index contributed by atoms with van der Waals surface area (Å²) in [5, 5.41) is 0. The van der Waals surface area contributed by atoms with Gasteiger partial charge in [0.25, 0.3) is 5.91 Å². The van der Waals surface area contributed by atoms with E-state index in [9.17, 15) is 9.18 Å². The first kappa shape index (κ1) is 17.3. The summed E-state index contributed by atoms with van der Waals surface area (Å²) in [5.74, 6) is 1.21. The molecule has 0 radical (unpaired) electrons. The maximum absolute atomic E-state index is 13.1. The molecule has 0 saturated carbocycles. The molecule has 0 atom stereocenters. The third-order valence-electron chi connectivity index (χ3n) is 4.73. The zero-order chi connectivity index (χ0) is 18.8. The Morgan fingerprint density at radius 2 is 1.93 bits per heavy atom. The first-order valence-electron chi connectivity index (χ1n) is 9.03. The second kappa shape index (κ2) is 7.27. The molecule has 0 saturated heterocycles. The third-order valence-corrected chi connectivity index (χ3v) is 4.73. The maximum Gasteiger partial charge on any atom is 0.289 e. The van der Waals surface area contributed by atoms with E-state index in [0.717, 1.165) is 23.3 Å². The number of furan rings is 1. The van der Waals surface area contributed by atoms with Crippen molar-refractivity contribution in [2.24, 2.45) is 0 Å². The van der Waals surface area contributed by atoms with E-state index < -0.39 is 0 Å². The van der Waals surface area contributed by atoms with Crippen molar-refractivity contribution in [1.82, 2.24) is 4.90 Å². The average molecular weight is 365 g/mol. The van der Waals surface area contributed by atoms with Crippen LogP contribution in [0.1, 0.15) is 28.6 Å². The highest BCUT2D eigenvalue weighted by Gasteiger charge is 2.24. The van der Waals surface area contributed by atoms with Crippen LogP contribution in [0.3, 0.4) is 0 Å². The highest BCUT2D eigenvalue weighted by molar-refractivity contribution is 5.92. The number of hydrogen-bond donors (Lipinski definition) is 0. The molecular formula is C22H20FNO3. The quantitative estimate of drug-likeness (QED) is 0.674. The molecule has 4 nitrogen and oxygen atoms in total. The van der Waals surface area contributed by atoms with Gasteiger partial charge in [0, 0.05) is 18.7 Å². The summed E-state index contributed by atoms with van der Waals surface area (Å²) in [4.78, 5) is 14.6. The largest absolute Gasteiger partial charge is 0.494 e. The highest BCUT2D eigenvalue weighted by atomic mass is 19.1. The Morgan fingerprint density at radius 1 is 1.11 bits per heavy atom. The third kappa shape index (κ3) is 3.58. The number of benzene rings is 2.